The summed E-state index contributed by atoms with van der Waals surface area (Å²) in [5, 5.41) is 8.80. The number of hydrogen-bond acceptors (Lipinski definition) is 2. The molecule has 1 saturated heterocycles. The third-order valence-electron chi connectivity index (χ3n) is 3.31. The smallest absolute Gasteiger partial charge is 0.335 e. The third-order valence-corrected chi connectivity index (χ3v) is 3.31. The Bertz CT molecular complexity index is 383. The van der Waals surface area contributed by atoms with Gasteiger partial charge in [-0.05, 0) is 43.0 Å². The average Bonchev–Trinajstić information content (AvgIpc) is 2.39. The minimum Gasteiger partial charge on any atom is -0.478 e. The summed E-state index contributed by atoms with van der Waals surface area (Å²) < 4.78 is 12.5. The lowest BCUT2D eigenvalue weighted by molar-refractivity contribution is 0.0697. The van der Waals surface area contributed by atoms with Crippen LogP contribution in [0.3, 0.4) is 0 Å². The zero-order valence-corrected chi connectivity index (χ0v) is 9.60. The van der Waals surface area contributed by atoms with Gasteiger partial charge in [0.2, 0.25) is 0 Å². The summed E-state index contributed by atoms with van der Waals surface area (Å²) in [6, 6.07) is 6.86. The van der Waals surface area contributed by atoms with E-state index in [9.17, 15) is 9.18 Å². The van der Waals surface area contributed by atoms with Gasteiger partial charge in [0.1, 0.15) is 0 Å². The Morgan fingerprint density at radius 2 is 1.88 bits per heavy atom. The number of halogens is 1. The quantitative estimate of drug-likeness (QED) is 0.878. The zero-order chi connectivity index (χ0) is 12.3. The number of carboxylic acids is 1. The first-order chi connectivity index (χ1) is 8.20. The summed E-state index contributed by atoms with van der Waals surface area (Å²) in [7, 11) is 0. The molecule has 0 aliphatic carbocycles. The van der Waals surface area contributed by atoms with Crippen LogP contribution in [0.4, 0.5) is 10.1 Å². The fourth-order valence-corrected chi connectivity index (χ4v) is 2.16. The minimum absolute atomic E-state index is 0.199. The number of aromatic carboxylic acids is 1. The Balaban J connectivity index is 2.01. The van der Waals surface area contributed by atoms with E-state index in [1.54, 1.807) is 12.1 Å². The fraction of sp³-hybridized carbons (Fsp3) is 0.462. The summed E-state index contributed by atoms with van der Waals surface area (Å²) >= 11 is 0. The van der Waals surface area contributed by atoms with Gasteiger partial charge in [-0.3, -0.25) is 4.39 Å². The maximum Gasteiger partial charge on any atom is 0.335 e. The summed E-state index contributed by atoms with van der Waals surface area (Å²) in [4.78, 5) is 12.9. The van der Waals surface area contributed by atoms with Gasteiger partial charge in [0, 0.05) is 18.8 Å². The van der Waals surface area contributed by atoms with Gasteiger partial charge >= 0.3 is 5.97 Å². The van der Waals surface area contributed by atoms with Crippen LogP contribution < -0.4 is 4.90 Å². The number of nitrogens with zero attached hydrogens (tertiary/aromatic N) is 1. The van der Waals surface area contributed by atoms with Crippen molar-refractivity contribution in [2.24, 2.45) is 5.92 Å². The van der Waals surface area contributed by atoms with Crippen LogP contribution in [-0.4, -0.2) is 30.8 Å². The molecule has 2 rings (SSSR count). The largest absolute Gasteiger partial charge is 0.478 e. The summed E-state index contributed by atoms with van der Waals surface area (Å²) in [5.41, 5.74) is 1.32. The first kappa shape index (κ1) is 11.9. The lowest BCUT2D eigenvalue weighted by atomic mass is 9.98. The molecule has 0 bridgehead atoms. The van der Waals surface area contributed by atoms with Crippen molar-refractivity contribution < 1.29 is 14.3 Å². The maximum atomic E-state index is 12.5. The molecule has 1 heterocycles. The number of hydrogen-bond donors (Lipinski definition) is 1. The summed E-state index contributed by atoms with van der Waals surface area (Å²) in [6.45, 7) is 1.47. The topological polar surface area (TPSA) is 40.5 Å². The van der Waals surface area contributed by atoms with Crippen LogP contribution in [-0.2, 0) is 0 Å². The van der Waals surface area contributed by atoms with Gasteiger partial charge in [-0.15, -0.1) is 0 Å². The number of carboxylic acid groups (broad SMARTS) is 1. The van der Waals surface area contributed by atoms with Gasteiger partial charge in [0.25, 0.3) is 0 Å². The predicted octanol–water partition coefficient (Wildman–Crippen LogP) is 2.57. The van der Waals surface area contributed by atoms with Crippen LogP contribution in [0.5, 0.6) is 0 Å². The second kappa shape index (κ2) is 5.17. The third kappa shape index (κ3) is 2.75. The molecule has 0 atom stereocenters. The lowest BCUT2D eigenvalue weighted by Gasteiger charge is -2.32. The highest BCUT2D eigenvalue weighted by Gasteiger charge is 2.19. The zero-order valence-electron chi connectivity index (χ0n) is 9.60. The van der Waals surface area contributed by atoms with Crippen molar-refractivity contribution in [1.29, 1.82) is 0 Å². The Kier molecular flexibility index (Phi) is 3.61. The highest BCUT2D eigenvalue weighted by molar-refractivity contribution is 5.88. The van der Waals surface area contributed by atoms with Crippen molar-refractivity contribution in [2.75, 3.05) is 24.7 Å². The van der Waals surface area contributed by atoms with Crippen molar-refractivity contribution in [3.8, 4) is 0 Å². The first-order valence-electron chi connectivity index (χ1n) is 5.85. The monoisotopic (exact) mass is 237 g/mol. The van der Waals surface area contributed by atoms with Crippen LogP contribution >= 0.6 is 0 Å². The SMILES string of the molecule is O=C(O)c1ccc(N2CCC(CF)CC2)cc1. The van der Waals surface area contributed by atoms with E-state index in [2.05, 4.69) is 4.90 Å². The highest BCUT2D eigenvalue weighted by atomic mass is 19.1. The molecule has 1 aliphatic heterocycles. The normalized spacial score (nSPS) is 17.1. The van der Waals surface area contributed by atoms with E-state index in [1.807, 2.05) is 12.1 Å². The molecule has 0 spiro atoms. The molecule has 3 nitrogen and oxygen atoms in total. The fourth-order valence-electron chi connectivity index (χ4n) is 2.16. The van der Waals surface area contributed by atoms with Crippen LogP contribution in [0, 0.1) is 5.92 Å². The molecule has 1 aromatic carbocycles. The van der Waals surface area contributed by atoms with Crippen LogP contribution in [0.25, 0.3) is 0 Å². The van der Waals surface area contributed by atoms with E-state index in [0.29, 0.717) is 5.56 Å². The second-order valence-electron chi connectivity index (χ2n) is 4.44. The number of benzene rings is 1. The van der Waals surface area contributed by atoms with Gasteiger partial charge < -0.3 is 10.0 Å². The molecule has 1 aromatic rings. The molecule has 17 heavy (non-hydrogen) atoms. The van der Waals surface area contributed by atoms with Crippen LogP contribution in [0.1, 0.15) is 23.2 Å². The van der Waals surface area contributed by atoms with E-state index < -0.39 is 5.97 Å². The van der Waals surface area contributed by atoms with Gasteiger partial charge in [-0.1, -0.05) is 0 Å². The molecular weight excluding hydrogens is 221 g/mol. The van der Waals surface area contributed by atoms with E-state index in [1.165, 1.54) is 0 Å². The second-order valence-corrected chi connectivity index (χ2v) is 4.44. The molecule has 4 heteroatoms. The molecule has 1 N–H and O–H groups in total. The molecule has 0 aromatic heterocycles. The Morgan fingerprint density at radius 3 is 2.35 bits per heavy atom. The minimum atomic E-state index is -0.910. The standard InChI is InChI=1S/C13H16FNO2/c14-9-10-5-7-15(8-6-10)12-3-1-11(2-4-12)13(16)17/h1-4,10H,5-9H2,(H,16,17). The Hall–Kier alpha value is -1.58. The van der Waals surface area contributed by atoms with Crippen molar-refractivity contribution in [1.82, 2.24) is 0 Å². The van der Waals surface area contributed by atoms with Crippen LogP contribution in [0.15, 0.2) is 24.3 Å². The lowest BCUT2D eigenvalue weighted by Crippen LogP contribution is -2.34. The van der Waals surface area contributed by atoms with E-state index in [0.717, 1.165) is 31.6 Å². The average molecular weight is 237 g/mol. The van der Waals surface area contributed by atoms with E-state index in [-0.39, 0.29) is 12.6 Å². The predicted molar refractivity (Wildman–Crippen MR) is 64.3 cm³/mol. The molecule has 0 amide bonds. The number of piperidine rings is 1. The number of rotatable bonds is 3. The Labute approximate surface area is 99.9 Å². The Morgan fingerprint density at radius 1 is 1.29 bits per heavy atom. The number of carbonyl (C=O) groups is 1. The maximum absolute atomic E-state index is 12.5. The van der Waals surface area contributed by atoms with E-state index in [4.69, 9.17) is 5.11 Å². The molecular formula is C13H16FNO2. The molecule has 0 saturated carbocycles. The van der Waals surface area contributed by atoms with Crippen LogP contribution in [0.2, 0.25) is 0 Å². The van der Waals surface area contributed by atoms with Crippen molar-refractivity contribution in [3.05, 3.63) is 29.8 Å². The van der Waals surface area contributed by atoms with Crippen molar-refractivity contribution >= 4 is 11.7 Å². The molecule has 0 unspecified atom stereocenters. The molecule has 1 aliphatic rings. The van der Waals surface area contributed by atoms with Gasteiger partial charge in [-0.2, -0.15) is 0 Å². The summed E-state index contributed by atoms with van der Waals surface area (Å²) in [6.07, 6.45) is 1.74. The van der Waals surface area contributed by atoms with Gasteiger partial charge in [0.15, 0.2) is 0 Å². The molecule has 92 valence electrons. The van der Waals surface area contributed by atoms with Gasteiger partial charge in [0.05, 0.1) is 12.2 Å². The van der Waals surface area contributed by atoms with Gasteiger partial charge in [-0.25, -0.2) is 4.79 Å². The van der Waals surface area contributed by atoms with Crippen molar-refractivity contribution in [2.45, 2.75) is 12.8 Å². The highest BCUT2D eigenvalue weighted by Crippen LogP contribution is 2.23. The van der Waals surface area contributed by atoms with Crippen molar-refractivity contribution in [3.63, 3.8) is 0 Å². The van der Waals surface area contributed by atoms with E-state index >= 15 is 0 Å². The molecule has 1 fully saturated rings. The number of alkyl halides is 1. The first-order valence-corrected chi connectivity index (χ1v) is 5.85. The summed E-state index contributed by atoms with van der Waals surface area (Å²) in [5.74, 6) is -0.711. The number of anilines is 1. The molecule has 0 radical (unpaired) electrons.